The lowest BCUT2D eigenvalue weighted by atomic mass is 10.2. The van der Waals surface area contributed by atoms with Gasteiger partial charge in [-0.1, -0.05) is 30.3 Å². The van der Waals surface area contributed by atoms with Gasteiger partial charge in [-0.25, -0.2) is 4.99 Å². The van der Waals surface area contributed by atoms with E-state index in [0.717, 1.165) is 17.3 Å². The molecule has 15 heavy (non-hydrogen) atoms. The first-order valence-corrected chi connectivity index (χ1v) is 5.53. The summed E-state index contributed by atoms with van der Waals surface area (Å²) in [5.41, 5.74) is 1.08. The minimum atomic E-state index is -0.263. The molecule has 0 aromatic heterocycles. The van der Waals surface area contributed by atoms with Gasteiger partial charge in [0.15, 0.2) is 0 Å². The third kappa shape index (κ3) is 2.59. The Bertz CT molecular complexity index is 389. The average molecular weight is 221 g/mol. The van der Waals surface area contributed by atoms with Crippen LogP contribution in [0.1, 0.15) is 12.5 Å². The zero-order valence-electron chi connectivity index (χ0n) is 8.34. The molecule has 0 saturated carbocycles. The van der Waals surface area contributed by atoms with Gasteiger partial charge < -0.3 is 4.74 Å². The van der Waals surface area contributed by atoms with E-state index in [1.165, 1.54) is 0 Å². The molecule has 0 bridgehead atoms. The molecule has 1 unspecified atom stereocenters. The van der Waals surface area contributed by atoms with Crippen LogP contribution >= 0.6 is 11.8 Å². The van der Waals surface area contributed by atoms with Crippen molar-refractivity contribution in [3.8, 4) is 0 Å². The molecule has 78 valence electrons. The largest absolute Gasteiger partial charge is 0.468 e. The van der Waals surface area contributed by atoms with Crippen molar-refractivity contribution in [1.82, 2.24) is 0 Å². The quantitative estimate of drug-likeness (QED) is 0.768. The van der Waals surface area contributed by atoms with Crippen LogP contribution in [0.25, 0.3) is 0 Å². The summed E-state index contributed by atoms with van der Waals surface area (Å²) in [6, 6.07) is 9.56. The maximum atomic E-state index is 11.2. The van der Waals surface area contributed by atoms with Crippen molar-refractivity contribution >= 4 is 22.1 Å². The number of hydrogen-bond donors (Lipinski definition) is 0. The molecular weight excluding hydrogens is 210 g/mol. The maximum absolute atomic E-state index is 11.2. The molecule has 0 fully saturated rings. The molecule has 0 radical (unpaired) electrons. The highest BCUT2D eigenvalue weighted by molar-refractivity contribution is 8.26. The second-order valence-electron chi connectivity index (χ2n) is 3.27. The van der Waals surface area contributed by atoms with E-state index in [1.807, 2.05) is 30.3 Å². The van der Waals surface area contributed by atoms with Gasteiger partial charge in [-0.05, 0) is 12.5 Å². The van der Waals surface area contributed by atoms with Crippen LogP contribution in [0, 0.1) is 0 Å². The summed E-state index contributed by atoms with van der Waals surface area (Å²) in [7, 11) is 0. The maximum Gasteiger partial charge on any atom is 0.254 e. The molecule has 0 N–H and O–H groups in total. The summed E-state index contributed by atoms with van der Waals surface area (Å²) in [6.07, 6.45) is 0. The summed E-state index contributed by atoms with van der Waals surface area (Å²) in [4.78, 5) is 15.3. The van der Waals surface area contributed by atoms with Crippen LogP contribution in [0.2, 0.25) is 0 Å². The fourth-order valence-electron chi connectivity index (χ4n) is 1.19. The summed E-state index contributed by atoms with van der Waals surface area (Å²) >= 11 is 1.08. The third-order valence-electron chi connectivity index (χ3n) is 2.03. The lowest BCUT2D eigenvalue weighted by Gasteiger charge is -2.03. The molecule has 0 amide bonds. The number of carbonyl (C=O) groups excluding carboxylic acids is 1. The Morgan fingerprint density at radius 3 is 2.73 bits per heavy atom. The standard InChI is InChI=1S/C11H11NO2S/c1-8-10(13)15-11(12-8)14-7-9-5-3-2-4-6-9/h2-6,8H,7H2,1H3. The predicted octanol–water partition coefficient (Wildman–Crippen LogP) is 2.22. The van der Waals surface area contributed by atoms with E-state index in [2.05, 4.69) is 4.99 Å². The van der Waals surface area contributed by atoms with Gasteiger partial charge in [-0.2, -0.15) is 0 Å². The highest BCUT2D eigenvalue weighted by atomic mass is 32.2. The lowest BCUT2D eigenvalue weighted by molar-refractivity contribution is -0.111. The molecule has 1 aromatic carbocycles. The summed E-state index contributed by atoms with van der Waals surface area (Å²) in [5, 5.41) is 0.536. The minimum absolute atomic E-state index is 0.0538. The number of thioether (sulfide) groups is 1. The molecule has 1 aliphatic rings. The van der Waals surface area contributed by atoms with Crippen LogP contribution in [0.5, 0.6) is 0 Å². The number of hydrogen-bond acceptors (Lipinski definition) is 4. The minimum Gasteiger partial charge on any atom is -0.468 e. The van der Waals surface area contributed by atoms with Crippen LogP contribution < -0.4 is 0 Å². The van der Waals surface area contributed by atoms with Crippen LogP contribution in [0.3, 0.4) is 0 Å². The van der Waals surface area contributed by atoms with Gasteiger partial charge in [0.05, 0.1) is 0 Å². The molecule has 0 aliphatic carbocycles. The monoisotopic (exact) mass is 221 g/mol. The van der Waals surface area contributed by atoms with Crippen molar-refractivity contribution in [3.05, 3.63) is 35.9 Å². The molecule has 4 heteroatoms. The van der Waals surface area contributed by atoms with Gasteiger partial charge in [-0.15, -0.1) is 0 Å². The van der Waals surface area contributed by atoms with Crippen LogP contribution in [-0.4, -0.2) is 16.4 Å². The number of benzene rings is 1. The normalized spacial score (nSPS) is 20.2. The zero-order chi connectivity index (χ0) is 10.7. The van der Waals surface area contributed by atoms with E-state index in [4.69, 9.17) is 4.74 Å². The third-order valence-corrected chi connectivity index (χ3v) is 2.97. The Morgan fingerprint density at radius 2 is 2.13 bits per heavy atom. The van der Waals surface area contributed by atoms with Gasteiger partial charge in [-0.3, -0.25) is 4.79 Å². The average Bonchev–Trinajstić information content (AvgIpc) is 2.57. The number of nitrogens with zero attached hydrogens (tertiary/aromatic N) is 1. The first-order chi connectivity index (χ1) is 7.25. The first kappa shape index (κ1) is 10.2. The fourth-order valence-corrected chi connectivity index (χ4v) is 1.92. The van der Waals surface area contributed by atoms with Gasteiger partial charge in [0.25, 0.3) is 5.23 Å². The van der Waals surface area contributed by atoms with E-state index in [-0.39, 0.29) is 11.2 Å². The van der Waals surface area contributed by atoms with E-state index < -0.39 is 0 Å². The predicted molar refractivity (Wildman–Crippen MR) is 60.7 cm³/mol. The van der Waals surface area contributed by atoms with E-state index >= 15 is 0 Å². The van der Waals surface area contributed by atoms with Crippen molar-refractivity contribution in [1.29, 1.82) is 0 Å². The molecule has 0 spiro atoms. The van der Waals surface area contributed by atoms with Crippen molar-refractivity contribution in [2.24, 2.45) is 4.99 Å². The molecule has 1 aromatic rings. The van der Waals surface area contributed by atoms with Gasteiger partial charge >= 0.3 is 0 Å². The summed E-state index contributed by atoms with van der Waals surface area (Å²) in [5.74, 6) is 0. The Hall–Kier alpha value is -1.29. The molecule has 2 rings (SSSR count). The van der Waals surface area contributed by atoms with E-state index in [0.29, 0.717) is 11.8 Å². The zero-order valence-corrected chi connectivity index (χ0v) is 9.16. The SMILES string of the molecule is CC1N=C(OCc2ccccc2)SC1=O. The summed E-state index contributed by atoms with van der Waals surface area (Å²) in [6.45, 7) is 2.24. The fraction of sp³-hybridized carbons (Fsp3) is 0.273. The Balaban J connectivity index is 1.90. The Kier molecular flexibility index (Phi) is 3.06. The number of carbonyl (C=O) groups is 1. The van der Waals surface area contributed by atoms with Crippen LogP contribution in [-0.2, 0) is 16.1 Å². The molecule has 3 nitrogen and oxygen atoms in total. The summed E-state index contributed by atoms with van der Waals surface area (Å²) < 4.78 is 5.42. The number of ether oxygens (including phenoxy) is 1. The molecular formula is C11H11NO2S. The number of aliphatic imine (C=N–C) groups is 1. The molecule has 1 aliphatic heterocycles. The Morgan fingerprint density at radius 1 is 1.40 bits per heavy atom. The van der Waals surface area contributed by atoms with Gasteiger partial charge in [0.1, 0.15) is 12.6 Å². The second kappa shape index (κ2) is 4.49. The van der Waals surface area contributed by atoms with E-state index in [1.54, 1.807) is 6.92 Å². The second-order valence-corrected chi connectivity index (χ2v) is 4.22. The number of rotatable bonds is 2. The van der Waals surface area contributed by atoms with Crippen molar-refractivity contribution < 1.29 is 9.53 Å². The topological polar surface area (TPSA) is 38.7 Å². The highest BCUT2D eigenvalue weighted by Gasteiger charge is 2.24. The van der Waals surface area contributed by atoms with Crippen LogP contribution in [0.4, 0.5) is 0 Å². The van der Waals surface area contributed by atoms with Crippen LogP contribution in [0.15, 0.2) is 35.3 Å². The van der Waals surface area contributed by atoms with Gasteiger partial charge in [0.2, 0.25) is 5.12 Å². The van der Waals surface area contributed by atoms with Gasteiger partial charge in [0, 0.05) is 11.8 Å². The van der Waals surface area contributed by atoms with Crippen molar-refractivity contribution in [2.45, 2.75) is 19.6 Å². The Labute approximate surface area is 92.5 Å². The lowest BCUT2D eigenvalue weighted by Crippen LogP contribution is -2.02. The highest BCUT2D eigenvalue weighted by Crippen LogP contribution is 2.21. The molecule has 0 saturated heterocycles. The molecule has 1 heterocycles. The van der Waals surface area contributed by atoms with Crippen molar-refractivity contribution in [2.75, 3.05) is 0 Å². The first-order valence-electron chi connectivity index (χ1n) is 4.72. The smallest absolute Gasteiger partial charge is 0.254 e. The van der Waals surface area contributed by atoms with E-state index in [9.17, 15) is 4.79 Å². The molecule has 1 atom stereocenters. The van der Waals surface area contributed by atoms with Crippen molar-refractivity contribution in [3.63, 3.8) is 0 Å².